The van der Waals surface area contributed by atoms with Gasteiger partial charge in [-0.3, -0.25) is 9.69 Å². The number of piperazine rings is 1. The zero-order chi connectivity index (χ0) is 21.0. The molecule has 0 radical (unpaired) electrons. The Labute approximate surface area is 180 Å². The fourth-order valence-electron chi connectivity index (χ4n) is 3.85. The first-order chi connectivity index (χ1) is 15.2. The van der Waals surface area contributed by atoms with Crippen molar-refractivity contribution >= 4 is 5.91 Å². The van der Waals surface area contributed by atoms with Crippen LogP contribution >= 0.6 is 0 Å². The lowest BCUT2D eigenvalue weighted by atomic mass is 10.1. The summed E-state index contributed by atoms with van der Waals surface area (Å²) in [4.78, 5) is 21.4. The van der Waals surface area contributed by atoms with Crippen LogP contribution in [-0.4, -0.2) is 65.2 Å². The van der Waals surface area contributed by atoms with E-state index < -0.39 is 0 Å². The monoisotopic (exact) mass is 420 g/mol. The SMILES string of the molecule is O=C(Cc1ccc2c(c1)OCCO2)N1CCN(Cc2nc(-c3ccccc3)no2)CC1. The Kier molecular flexibility index (Phi) is 5.54. The Morgan fingerprint density at radius 2 is 1.71 bits per heavy atom. The predicted molar refractivity (Wildman–Crippen MR) is 113 cm³/mol. The largest absolute Gasteiger partial charge is 0.486 e. The Morgan fingerprint density at radius 1 is 0.935 bits per heavy atom. The van der Waals surface area contributed by atoms with E-state index in [1.165, 1.54) is 0 Å². The molecule has 2 aliphatic heterocycles. The molecule has 0 spiro atoms. The molecule has 5 rings (SSSR count). The molecule has 0 N–H and O–H groups in total. The van der Waals surface area contributed by atoms with E-state index in [2.05, 4.69) is 15.0 Å². The standard InChI is InChI=1S/C23H24N4O4/c28-22(15-17-6-7-19-20(14-17)30-13-12-29-19)27-10-8-26(9-11-27)16-21-24-23(25-31-21)18-4-2-1-3-5-18/h1-7,14H,8-13,15-16H2. The Hall–Kier alpha value is -3.39. The molecule has 0 bridgehead atoms. The van der Waals surface area contributed by atoms with Crippen LogP contribution in [0.3, 0.4) is 0 Å². The topological polar surface area (TPSA) is 80.9 Å². The average molecular weight is 420 g/mol. The van der Waals surface area contributed by atoms with E-state index in [1.807, 2.05) is 53.4 Å². The van der Waals surface area contributed by atoms with Crippen LogP contribution in [0.2, 0.25) is 0 Å². The van der Waals surface area contributed by atoms with Gasteiger partial charge >= 0.3 is 0 Å². The molecule has 31 heavy (non-hydrogen) atoms. The Bertz CT molecular complexity index is 1040. The van der Waals surface area contributed by atoms with Crippen molar-refractivity contribution in [3.8, 4) is 22.9 Å². The third kappa shape index (κ3) is 4.54. The van der Waals surface area contributed by atoms with E-state index in [1.54, 1.807) is 0 Å². The van der Waals surface area contributed by atoms with Crippen molar-refractivity contribution in [2.24, 2.45) is 0 Å². The lowest BCUT2D eigenvalue weighted by Crippen LogP contribution is -2.48. The normalized spacial score (nSPS) is 16.3. The van der Waals surface area contributed by atoms with E-state index >= 15 is 0 Å². The number of carbonyl (C=O) groups is 1. The van der Waals surface area contributed by atoms with Crippen molar-refractivity contribution in [2.45, 2.75) is 13.0 Å². The molecule has 2 aromatic carbocycles. The van der Waals surface area contributed by atoms with E-state index in [0.29, 0.717) is 51.0 Å². The van der Waals surface area contributed by atoms with Gasteiger partial charge < -0.3 is 18.9 Å². The molecule has 1 amide bonds. The summed E-state index contributed by atoms with van der Waals surface area (Å²) in [7, 11) is 0. The fraction of sp³-hybridized carbons (Fsp3) is 0.348. The summed E-state index contributed by atoms with van der Waals surface area (Å²) in [5.74, 6) is 2.78. The summed E-state index contributed by atoms with van der Waals surface area (Å²) < 4.78 is 16.6. The summed E-state index contributed by atoms with van der Waals surface area (Å²) in [5.41, 5.74) is 1.88. The molecule has 0 unspecified atom stereocenters. The minimum Gasteiger partial charge on any atom is -0.486 e. The highest BCUT2D eigenvalue weighted by Crippen LogP contribution is 2.31. The molecule has 3 heterocycles. The van der Waals surface area contributed by atoms with Gasteiger partial charge in [0.05, 0.1) is 13.0 Å². The maximum absolute atomic E-state index is 12.8. The highest BCUT2D eigenvalue weighted by Gasteiger charge is 2.23. The van der Waals surface area contributed by atoms with Gasteiger partial charge in [0.2, 0.25) is 17.6 Å². The minimum atomic E-state index is 0.125. The van der Waals surface area contributed by atoms with Gasteiger partial charge in [-0.15, -0.1) is 0 Å². The molecule has 1 saturated heterocycles. The molecule has 0 saturated carbocycles. The van der Waals surface area contributed by atoms with Crippen molar-refractivity contribution in [3.63, 3.8) is 0 Å². The molecule has 8 nitrogen and oxygen atoms in total. The molecule has 0 aliphatic carbocycles. The molecule has 160 valence electrons. The summed E-state index contributed by atoms with van der Waals surface area (Å²) in [6, 6.07) is 15.5. The maximum Gasteiger partial charge on any atom is 0.241 e. The first kappa shape index (κ1) is 19.6. The highest BCUT2D eigenvalue weighted by atomic mass is 16.6. The van der Waals surface area contributed by atoms with E-state index in [-0.39, 0.29) is 5.91 Å². The number of benzene rings is 2. The average Bonchev–Trinajstić information content (AvgIpc) is 3.28. The second-order valence-electron chi connectivity index (χ2n) is 7.69. The number of fused-ring (bicyclic) bond motifs is 1. The second-order valence-corrected chi connectivity index (χ2v) is 7.69. The summed E-state index contributed by atoms with van der Waals surface area (Å²) in [6.45, 7) is 4.61. The highest BCUT2D eigenvalue weighted by molar-refractivity contribution is 5.79. The van der Waals surface area contributed by atoms with Gasteiger partial charge in [-0.05, 0) is 17.7 Å². The second kappa shape index (κ2) is 8.77. The lowest BCUT2D eigenvalue weighted by molar-refractivity contribution is -0.132. The predicted octanol–water partition coefficient (Wildman–Crippen LogP) is 2.39. The maximum atomic E-state index is 12.8. The molecule has 3 aromatic rings. The molecule has 0 atom stereocenters. The number of hydrogen-bond donors (Lipinski definition) is 0. The van der Waals surface area contributed by atoms with Gasteiger partial charge in [0.15, 0.2) is 11.5 Å². The number of amides is 1. The molecular formula is C23H24N4O4. The minimum absolute atomic E-state index is 0.125. The van der Waals surface area contributed by atoms with Crippen LogP contribution in [0.1, 0.15) is 11.5 Å². The summed E-state index contributed by atoms with van der Waals surface area (Å²) in [5, 5.41) is 4.08. The van der Waals surface area contributed by atoms with Crippen molar-refractivity contribution in [1.82, 2.24) is 19.9 Å². The Morgan fingerprint density at radius 3 is 2.52 bits per heavy atom. The van der Waals surface area contributed by atoms with Crippen LogP contribution in [0.4, 0.5) is 0 Å². The van der Waals surface area contributed by atoms with Crippen LogP contribution in [0.5, 0.6) is 11.5 Å². The van der Waals surface area contributed by atoms with Gasteiger partial charge in [0.1, 0.15) is 13.2 Å². The number of aromatic nitrogens is 2. The number of ether oxygens (including phenoxy) is 2. The molecule has 1 fully saturated rings. The van der Waals surface area contributed by atoms with Crippen molar-refractivity contribution in [2.75, 3.05) is 39.4 Å². The number of nitrogens with zero attached hydrogens (tertiary/aromatic N) is 4. The van der Waals surface area contributed by atoms with Crippen LogP contribution < -0.4 is 9.47 Å². The van der Waals surface area contributed by atoms with Gasteiger partial charge in [-0.2, -0.15) is 4.98 Å². The van der Waals surface area contributed by atoms with E-state index in [0.717, 1.165) is 35.7 Å². The van der Waals surface area contributed by atoms with Gasteiger partial charge in [0.25, 0.3) is 0 Å². The zero-order valence-corrected chi connectivity index (χ0v) is 17.2. The third-order valence-electron chi connectivity index (χ3n) is 5.55. The van der Waals surface area contributed by atoms with Crippen molar-refractivity contribution in [1.29, 1.82) is 0 Å². The van der Waals surface area contributed by atoms with E-state index in [4.69, 9.17) is 14.0 Å². The molecule has 1 aromatic heterocycles. The summed E-state index contributed by atoms with van der Waals surface area (Å²) >= 11 is 0. The zero-order valence-electron chi connectivity index (χ0n) is 17.2. The first-order valence-electron chi connectivity index (χ1n) is 10.5. The van der Waals surface area contributed by atoms with Crippen LogP contribution in [-0.2, 0) is 17.8 Å². The summed E-state index contributed by atoms with van der Waals surface area (Å²) in [6.07, 6.45) is 0.362. The fourth-order valence-corrected chi connectivity index (χ4v) is 3.85. The molecule has 2 aliphatic rings. The molecular weight excluding hydrogens is 396 g/mol. The number of carbonyl (C=O) groups excluding carboxylic acids is 1. The van der Waals surface area contributed by atoms with Gasteiger partial charge in [0, 0.05) is 31.7 Å². The van der Waals surface area contributed by atoms with Crippen molar-refractivity contribution < 1.29 is 18.8 Å². The third-order valence-corrected chi connectivity index (χ3v) is 5.55. The van der Waals surface area contributed by atoms with Crippen LogP contribution in [0.25, 0.3) is 11.4 Å². The van der Waals surface area contributed by atoms with Crippen LogP contribution in [0, 0.1) is 0 Å². The quantitative estimate of drug-likeness (QED) is 0.627. The van der Waals surface area contributed by atoms with Gasteiger partial charge in [-0.1, -0.05) is 41.6 Å². The number of hydrogen-bond acceptors (Lipinski definition) is 7. The van der Waals surface area contributed by atoms with Gasteiger partial charge in [-0.25, -0.2) is 0 Å². The Balaban J connectivity index is 1.13. The first-order valence-corrected chi connectivity index (χ1v) is 10.5. The molecule has 8 heteroatoms. The van der Waals surface area contributed by atoms with Crippen molar-refractivity contribution in [3.05, 3.63) is 60.0 Å². The van der Waals surface area contributed by atoms with E-state index in [9.17, 15) is 4.79 Å². The van der Waals surface area contributed by atoms with Crippen LogP contribution in [0.15, 0.2) is 53.1 Å². The smallest absolute Gasteiger partial charge is 0.241 e. The lowest BCUT2D eigenvalue weighted by Gasteiger charge is -2.34. The number of rotatable bonds is 5.